The number of hydrogen-bond donors (Lipinski definition) is 0. The van der Waals surface area contributed by atoms with Crippen LogP contribution in [0.3, 0.4) is 0 Å². The van der Waals surface area contributed by atoms with E-state index in [1.165, 1.54) is 14.0 Å². The fourth-order valence-corrected chi connectivity index (χ4v) is 9.78. The molecule has 80 valence electrons. The summed E-state index contributed by atoms with van der Waals surface area (Å²) < 4.78 is 3.02. The Morgan fingerprint density at radius 2 is 1.80 bits per heavy atom. The number of halogens is 2. The Balaban J connectivity index is 2.32. The van der Waals surface area contributed by atoms with E-state index in [9.17, 15) is 0 Å². The van der Waals surface area contributed by atoms with E-state index in [1.807, 2.05) is 11.3 Å². The Hall–Kier alpha value is 0.130. The van der Waals surface area contributed by atoms with Crippen molar-refractivity contribution in [3.63, 3.8) is 0 Å². The molecule has 0 atom stereocenters. The second-order valence-electron chi connectivity index (χ2n) is 3.32. The summed E-state index contributed by atoms with van der Waals surface area (Å²) in [6.07, 6.45) is 0. The van der Waals surface area contributed by atoms with Crippen LogP contribution in [-0.2, 0) is 0 Å². The molecule has 0 aliphatic heterocycles. The van der Waals surface area contributed by atoms with Gasteiger partial charge in [0.1, 0.15) is 0 Å². The third kappa shape index (κ3) is 2.63. The van der Waals surface area contributed by atoms with Gasteiger partial charge in [0.15, 0.2) is 0 Å². The minimum absolute atomic E-state index is 1.28. The van der Waals surface area contributed by atoms with Gasteiger partial charge in [-0.15, -0.1) is 0 Å². The molecule has 0 bridgehead atoms. The molecule has 1 aromatic heterocycles. The topological polar surface area (TPSA) is 0 Å². The molecule has 0 aliphatic rings. The van der Waals surface area contributed by atoms with Gasteiger partial charge < -0.3 is 0 Å². The first-order valence-corrected chi connectivity index (χ1v) is 12.5. The van der Waals surface area contributed by atoms with Crippen molar-refractivity contribution in [1.82, 2.24) is 0 Å². The van der Waals surface area contributed by atoms with E-state index in [1.54, 1.807) is 2.88 Å². The van der Waals surface area contributed by atoms with Crippen LogP contribution in [0.5, 0.6) is 0 Å². The van der Waals surface area contributed by atoms with Crippen molar-refractivity contribution in [2.75, 3.05) is 0 Å². The van der Waals surface area contributed by atoms with Gasteiger partial charge in [-0.05, 0) is 0 Å². The SMILES string of the molecule is Cc1cc(I(Br)c2ccccc2)sc1C. The van der Waals surface area contributed by atoms with Crippen molar-refractivity contribution in [2.24, 2.45) is 0 Å². The van der Waals surface area contributed by atoms with Crippen LogP contribution in [0, 0.1) is 20.3 Å². The van der Waals surface area contributed by atoms with Gasteiger partial charge in [-0.25, -0.2) is 0 Å². The van der Waals surface area contributed by atoms with Crippen molar-refractivity contribution in [2.45, 2.75) is 13.8 Å². The molecule has 0 nitrogen and oxygen atoms in total. The normalized spacial score (nSPS) is 11.5. The summed E-state index contributed by atoms with van der Waals surface area (Å²) in [5.41, 5.74) is 1.42. The van der Waals surface area contributed by atoms with E-state index in [-0.39, 0.29) is 0 Å². The molecule has 2 aromatic rings. The molecule has 0 saturated heterocycles. The van der Waals surface area contributed by atoms with Crippen molar-refractivity contribution >= 4 is 41.6 Å². The van der Waals surface area contributed by atoms with Gasteiger partial charge in [0.2, 0.25) is 0 Å². The second kappa shape index (κ2) is 4.97. The first kappa shape index (κ1) is 11.6. The Morgan fingerprint density at radius 1 is 1.13 bits per heavy atom. The first-order valence-electron chi connectivity index (χ1n) is 4.67. The van der Waals surface area contributed by atoms with Crippen LogP contribution in [0.2, 0.25) is 0 Å². The molecule has 0 aliphatic carbocycles. The molecule has 0 unspecified atom stereocenters. The third-order valence-electron chi connectivity index (χ3n) is 2.22. The molecule has 1 heterocycles. The van der Waals surface area contributed by atoms with Gasteiger partial charge in [0, 0.05) is 0 Å². The summed E-state index contributed by atoms with van der Waals surface area (Å²) in [4.78, 5) is 1.45. The Labute approximate surface area is 108 Å². The average Bonchev–Trinajstić information content (AvgIpc) is 2.59. The van der Waals surface area contributed by atoms with Crippen molar-refractivity contribution in [3.05, 3.63) is 53.3 Å². The molecule has 3 heteroatoms. The van der Waals surface area contributed by atoms with Gasteiger partial charge >= 0.3 is 109 Å². The van der Waals surface area contributed by atoms with Crippen LogP contribution in [-0.4, -0.2) is 0 Å². The van der Waals surface area contributed by atoms with Gasteiger partial charge in [0.05, 0.1) is 0 Å². The van der Waals surface area contributed by atoms with E-state index >= 15 is 0 Å². The van der Waals surface area contributed by atoms with Crippen molar-refractivity contribution < 1.29 is 0 Å². The molecule has 15 heavy (non-hydrogen) atoms. The van der Waals surface area contributed by atoms with Gasteiger partial charge in [-0.2, -0.15) is 0 Å². The Bertz CT molecular complexity index is 430. The average molecular weight is 395 g/mol. The number of hydrogen-bond acceptors (Lipinski definition) is 1. The van der Waals surface area contributed by atoms with Crippen LogP contribution in [0.4, 0.5) is 0 Å². The van der Waals surface area contributed by atoms with Crippen LogP contribution < -0.4 is 0 Å². The summed E-state index contributed by atoms with van der Waals surface area (Å²) in [6.45, 7) is 4.39. The minimum atomic E-state index is -1.28. The fraction of sp³-hybridized carbons (Fsp3) is 0.167. The van der Waals surface area contributed by atoms with E-state index in [2.05, 4.69) is 62.9 Å². The number of rotatable bonds is 2. The Kier molecular flexibility index (Phi) is 3.85. The van der Waals surface area contributed by atoms with Crippen molar-refractivity contribution in [3.8, 4) is 0 Å². The number of benzene rings is 1. The van der Waals surface area contributed by atoms with Gasteiger partial charge in [0.25, 0.3) is 0 Å². The second-order valence-corrected chi connectivity index (χ2v) is 13.1. The predicted molar refractivity (Wildman–Crippen MR) is 80.6 cm³/mol. The summed E-state index contributed by atoms with van der Waals surface area (Å²) >= 11 is 4.57. The Morgan fingerprint density at radius 3 is 2.33 bits per heavy atom. The molecule has 2 rings (SSSR count). The van der Waals surface area contributed by atoms with E-state index in [4.69, 9.17) is 0 Å². The predicted octanol–water partition coefficient (Wildman–Crippen LogP) is 5.22. The van der Waals surface area contributed by atoms with E-state index < -0.39 is 17.6 Å². The van der Waals surface area contributed by atoms with E-state index in [0.717, 1.165) is 0 Å². The zero-order valence-electron chi connectivity index (χ0n) is 8.63. The van der Waals surface area contributed by atoms with Crippen LogP contribution in [0.1, 0.15) is 10.4 Å². The molecular formula is C12H12BrIS. The summed E-state index contributed by atoms with van der Waals surface area (Å²) in [5, 5.41) is 0. The fourth-order valence-electron chi connectivity index (χ4n) is 1.24. The first-order chi connectivity index (χ1) is 7.18. The molecule has 0 saturated carbocycles. The maximum atomic E-state index is 3.91. The summed E-state index contributed by atoms with van der Waals surface area (Å²) in [6, 6.07) is 13.1. The standard InChI is InChI=1S/C12H12BrIS/c1-9-8-12(15-10(9)2)14(13)11-6-4-3-5-7-11/h3-8H,1-2H3. The van der Waals surface area contributed by atoms with Crippen LogP contribution >= 0.6 is 41.6 Å². The van der Waals surface area contributed by atoms with Crippen LogP contribution in [0.25, 0.3) is 0 Å². The summed E-state index contributed by atoms with van der Waals surface area (Å²) in [7, 11) is 0. The molecule has 0 spiro atoms. The molecule has 1 aromatic carbocycles. The molecule has 0 fully saturated rings. The molecular weight excluding hydrogens is 383 g/mol. The molecule has 0 radical (unpaired) electrons. The zero-order chi connectivity index (χ0) is 10.8. The third-order valence-corrected chi connectivity index (χ3v) is 13.7. The number of thiophene rings is 1. The van der Waals surface area contributed by atoms with Crippen LogP contribution in [0.15, 0.2) is 36.4 Å². The van der Waals surface area contributed by atoms with E-state index in [0.29, 0.717) is 0 Å². The van der Waals surface area contributed by atoms with Gasteiger partial charge in [-0.1, -0.05) is 0 Å². The molecule has 0 N–H and O–H groups in total. The monoisotopic (exact) mass is 394 g/mol. The van der Waals surface area contributed by atoms with Gasteiger partial charge in [-0.3, -0.25) is 0 Å². The quantitative estimate of drug-likeness (QED) is 0.612. The summed E-state index contributed by atoms with van der Waals surface area (Å²) in [5.74, 6) is 0. The molecule has 0 amide bonds. The zero-order valence-corrected chi connectivity index (χ0v) is 13.2. The number of aryl methyl sites for hydroxylation is 2. The van der Waals surface area contributed by atoms with Crippen molar-refractivity contribution in [1.29, 1.82) is 0 Å². The maximum absolute atomic E-state index is 3.91.